The van der Waals surface area contributed by atoms with Gasteiger partial charge in [0.15, 0.2) is 5.69 Å². The van der Waals surface area contributed by atoms with E-state index in [0.717, 1.165) is 0 Å². The highest BCUT2D eigenvalue weighted by Crippen LogP contribution is 1.98. The summed E-state index contributed by atoms with van der Waals surface area (Å²) in [6.07, 6.45) is 2.60. The molecule has 0 aliphatic heterocycles. The van der Waals surface area contributed by atoms with Gasteiger partial charge in [0.2, 0.25) is 0 Å². The molecule has 0 atom stereocenters. The van der Waals surface area contributed by atoms with Crippen LogP contribution in [0.15, 0.2) is 12.4 Å². The van der Waals surface area contributed by atoms with E-state index in [1.54, 1.807) is 0 Å². The zero-order chi connectivity index (χ0) is 10.4. The molecule has 0 saturated heterocycles. The van der Waals surface area contributed by atoms with Gasteiger partial charge in [0.1, 0.15) is 6.61 Å². The van der Waals surface area contributed by atoms with E-state index < -0.39 is 5.97 Å². The lowest BCUT2D eigenvalue weighted by Gasteiger charge is -1.99. The van der Waals surface area contributed by atoms with Crippen molar-refractivity contribution in [1.29, 1.82) is 0 Å². The molecule has 0 aliphatic carbocycles. The van der Waals surface area contributed by atoms with Gasteiger partial charge in [-0.3, -0.25) is 9.78 Å². The lowest BCUT2D eigenvalue weighted by Crippen LogP contribution is -2.06. The molecule has 14 heavy (non-hydrogen) atoms. The molecule has 0 bridgehead atoms. The standard InChI is InChI=1S/C8H8N2O4/c1-13-8(12)7-3-9-6(2-10-7)4-14-5-11/h2-3,5H,4H2,1H3. The van der Waals surface area contributed by atoms with E-state index in [1.165, 1.54) is 19.5 Å². The van der Waals surface area contributed by atoms with Gasteiger partial charge in [0, 0.05) is 0 Å². The molecule has 0 spiro atoms. The Labute approximate surface area is 79.9 Å². The summed E-state index contributed by atoms with van der Waals surface area (Å²) >= 11 is 0. The number of methoxy groups -OCH3 is 1. The average molecular weight is 196 g/mol. The zero-order valence-corrected chi connectivity index (χ0v) is 7.47. The Bertz CT molecular complexity index is 323. The summed E-state index contributed by atoms with van der Waals surface area (Å²) in [4.78, 5) is 28.4. The first-order valence-corrected chi connectivity index (χ1v) is 3.72. The summed E-state index contributed by atoms with van der Waals surface area (Å²) in [7, 11) is 1.26. The Hall–Kier alpha value is -1.98. The van der Waals surface area contributed by atoms with E-state index in [1.807, 2.05) is 0 Å². The molecule has 1 rings (SSSR count). The van der Waals surface area contributed by atoms with E-state index in [4.69, 9.17) is 0 Å². The van der Waals surface area contributed by atoms with Crippen molar-refractivity contribution in [3.63, 3.8) is 0 Å². The second-order valence-corrected chi connectivity index (χ2v) is 2.29. The number of carbonyl (C=O) groups is 2. The lowest BCUT2D eigenvalue weighted by atomic mass is 10.4. The molecular formula is C8H8N2O4. The fourth-order valence-electron chi connectivity index (χ4n) is 0.759. The molecule has 0 radical (unpaired) electrons. The van der Waals surface area contributed by atoms with Crippen LogP contribution in [0.4, 0.5) is 0 Å². The molecule has 0 fully saturated rings. The van der Waals surface area contributed by atoms with Crippen LogP contribution in [-0.4, -0.2) is 29.5 Å². The Morgan fingerprint density at radius 3 is 2.79 bits per heavy atom. The molecular weight excluding hydrogens is 188 g/mol. The second-order valence-electron chi connectivity index (χ2n) is 2.29. The summed E-state index contributed by atoms with van der Waals surface area (Å²) in [5, 5.41) is 0. The third-order valence-corrected chi connectivity index (χ3v) is 1.40. The van der Waals surface area contributed by atoms with Gasteiger partial charge in [0.25, 0.3) is 6.47 Å². The highest BCUT2D eigenvalue weighted by atomic mass is 16.5. The monoisotopic (exact) mass is 196 g/mol. The quantitative estimate of drug-likeness (QED) is 0.495. The van der Waals surface area contributed by atoms with Gasteiger partial charge in [-0.05, 0) is 0 Å². The third kappa shape index (κ3) is 2.51. The van der Waals surface area contributed by atoms with Crippen molar-refractivity contribution in [2.75, 3.05) is 7.11 Å². The molecule has 0 aromatic carbocycles. The van der Waals surface area contributed by atoms with Crippen molar-refractivity contribution in [3.8, 4) is 0 Å². The minimum absolute atomic E-state index is 0.0396. The largest absolute Gasteiger partial charge is 0.464 e. The minimum Gasteiger partial charge on any atom is -0.464 e. The van der Waals surface area contributed by atoms with Crippen LogP contribution in [-0.2, 0) is 20.9 Å². The molecule has 6 nitrogen and oxygen atoms in total. The maximum atomic E-state index is 10.9. The summed E-state index contributed by atoms with van der Waals surface area (Å²) in [6, 6.07) is 0. The van der Waals surface area contributed by atoms with Gasteiger partial charge in [-0.2, -0.15) is 0 Å². The number of hydrogen-bond acceptors (Lipinski definition) is 6. The Morgan fingerprint density at radius 1 is 1.50 bits per heavy atom. The Kier molecular flexibility index (Phi) is 3.54. The topological polar surface area (TPSA) is 78.4 Å². The van der Waals surface area contributed by atoms with E-state index in [9.17, 15) is 9.59 Å². The normalized spacial score (nSPS) is 9.21. The number of carbonyl (C=O) groups excluding carboxylic acids is 2. The van der Waals surface area contributed by atoms with Gasteiger partial charge in [-0.15, -0.1) is 0 Å². The van der Waals surface area contributed by atoms with E-state index >= 15 is 0 Å². The van der Waals surface area contributed by atoms with Crippen molar-refractivity contribution in [3.05, 3.63) is 23.8 Å². The number of aromatic nitrogens is 2. The van der Waals surface area contributed by atoms with Crippen LogP contribution in [0.3, 0.4) is 0 Å². The van der Waals surface area contributed by atoms with Gasteiger partial charge in [-0.1, -0.05) is 0 Å². The van der Waals surface area contributed by atoms with Crippen LogP contribution in [0.2, 0.25) is 0 Å². The summed E-state index contributed by atoms with van der Waals surface area (Å²) in [5.74, 6) is -0.555. The fourth-order valence-corrected chi connectivity index (χ4v) is 0.759. The van der Waals surface area contributed by atoms with Crippen LogP contribution in [0.1, 0.15) is 16.2 Å². The summed E-state index contributed by atoms with van der Waals surface area (Å²) < 4.78 is 8.88. The van der Waals surface area contributed by atoms with Crippen molar-refractivity contribution in [2.24, 2.45) is 0 Å². The van der Waals surface area contributed by atoms with Gasteiger partial charge < -0.3 is 9.47 Å². The van der Waals surface area contributed by atoms with Gasteiger partial charge >= 0.3 is 5.97 Å². The number of hydrogen-bond donors (Lipinski definition) is 0. The number of ether oxygens (including phenoxy) is 2. The van der Waals surface area contributed by atoms with Crippen LogP contribution < -0.4 is 0 Å². The number of nitrogens with zero attached hydrogens (tertiary/aromatic N) is 2. The highest BCUT2D eigenvalue weighted by Gasteiger charge is 2.06. The maximum absolute atomic E-state index is 10.9. The summed E-state index contributed by atoms with van der Waals surface area (Å²) in [5.41, 5.74) is 0.576. The summed E-state index contributed by atoms with van der Waals surface area (Å²) in [6.45, 7) is 0.355. The van der Waals surface area contributed by atoms with Crippen molar-refractivity contribution in [1.82, 2.24) is 9.97 Å². The fraction of sp³-hybridized carbons (Fsp3) is 0.250. The molecule has 1 heterocycles. The molecule has 0 amide bonds. The molecule has 74 valence electrons. The Morgan fingerprint density at radius 2 is 2.29 bits per heavy atom. The van der Waals surface area contributed by atoms with Crippen molar-refractivity contribution in [2.45, 2.75) is 6.61 Å². The van der Waals surface area contributed by atoms with Crippen LogP contribution in [0, 0.1) is 0 Å². The second kappa shape index (κ2) is 4.90. The van der Waals surface area contributed by atoms with Gasteiger partial charge in [0.05, 0.1) is 25.2 Å². The third-order valence-electron chi connectivity index (χ3n) is 1.40. The van der Waals surface area contributed by atoms with E-state index in [2.05, 4.69) is 19.4 Å². The lowest BCUT2D eigenvalue weighted by molar-refractivity contribution is -0.129. The molecule has 1 aromatic heterocycles. The van der Waals surface area contributed by atoms with E-state index in [0.29, 0.717) is 12.2 Å². The number of rotatable bonds is 4. The first-order valence-electron chi connectivity index (χ1n) is 3.72. The minimum atomic E-state index is -0.555. The van der Waals surface area contributed by atoms with Crippen molar-refractivity contribution >= 4 is 12.4 Å². The first-order chi connectivity index (χ1) is 6.77. The van der Waals surface area contributed by atoms with Crippen LogP contribution >= 0.6 is 0 Å². The van der Waals surface area contributed by atoms with Crippen LogP contribution in [0.25, 0.3) is 0 Å². The highest BCUT2D eigenvalue weighted by molar-refractivity contribution is 5.86. The first kappa shape index (κ1) is 10.1. The SMILES string of the molecule is COC(=O)c1cnc(COC=O)cn1. The number of esters is 1. The van der Waals surface area contributed by atoms with Gasteiger partial charge in [-0.25, -0.2) is 9.78 Å². The molecule has 0 saturated carbocycles. The molecule has 0 N–H and O–H groups in total. The predicted octanol–water partition coefficient (Wildman–Crippen LogP) is -0.0638. The maximum Gasteiger partial charge on any atom is 0.358 e. The molecule has 6 heteroatoms. The smallest absolute Gasteiger partial charge is 0.358 e. The predicted molar refractivity (Wildman–Crippen MR) is 44.2 cm³/mol. The Balaban J connectivity index is 2.68. The van der Waals surface area contributed by atoms with E-state index in [-0.39, 0.29) is 12.3 Å². The van der Waals surface area contributed by atoms with Crippen molar-refractivity contribution < 1.29 is 19.1 Å². The molecule has 1 aromatic rings. The molecule has 0 aliphatic rings. The molecule has 0 unspecified atom stereocenters. The average Bonchev–Trinajstić information content (AvgIpc) is 2.26. The van der Waals surface area contributed by atoms with Crippen LogP contribution in [0.5, 0.6) is 0 Å². The zero-order valence-electron chi connectivity index (χ0n) is 7.47.